The third kappa shape index (κ3) is 1.85. The lowest BCUT2D eigenvalue weighted by Crippen LogP contribution is -2.25. The minimum absolute atomic E-state index is 0.0869. The Morgan fingerprint density at radius 3 is 2.11 bits per heavy atom. The molecule has 0 heterocycles. The highest BCUT2D eigenvalue weighted by Gasteiger charge is 2.83. The van der Waals surface area contributed by atoms with Crippen LogP contribution < -0.4 is 0 Å². The third-order valence-electron chi connectivity index (χ3n) is 4.01. The molecule has 0 saturated heterocycles. The molecule has 7 heteroatoms. The summed E-state index contributed by atoms with van der Waals surface area (Å²) in [5, 5.41) is 9.14. The predicted octanol–water partition coefficient (Wildman–Crippen LogP) is 2.86. The molecule has 0 aromatic carbocycles. The highest BCUT2D eigenvalue weighted by Crippen LogP contribution is 2.84. The van der Waals surface area contributed by atoms with Gasteiger partial charge in [0.1, 0.15) is 0 Å². The first kappa shape index (κ1) is 14.4. The minimum Gasteiger partial charge on any atom is -0.396 e. The summed E-state index contributed by atoms with van der Waals surface area (Å²) in [5.41, 5.74) is -4.02. The molecule has 2 aliphatic carbocycles. The number of hydrogen-bond acceptors (Lipinski definition) is 4. The smallest absolute Gasteiger partial charge is 0.396 e. The molecule has 2 fully saturated rings. The Balaban J connectivity index is 2.21. The van der Waals surface area contributed by atoms with Crippen molar-refractivity contribution in [1.29, 1.82) is 0 Å². The highest BCUT2D eigenvalue weighted by molar-refractivity contribution is 7.55. The van der Waals surface area contributed by atoms with Crippen molar-refractivity contribution in [3.8, 4) is 0 Å². The van der Waals surface area contributed by atoms with Crippen LogP contribution in [0.5, 0.6) is 0 Å². The number of rotatable bonds is 7. The molecule has 2 atom stereocenters. The maximum absolute atomic E-state index is 14.4. The Bertz CT molecular complexity index is 360. The molecule has 0 aromatic heterocycles. The van der Waals surface area contributed by atoms with E-state index in [1.54, 1.807) is 0 Å². The molecule has 106 valence electrons. The monoisotopic (exact) mass is 284 g/mol. The molecule has 0 bridgehead atoms. The first-order valence-electron chi connectivity index (χ1n) is 6.27. The van der Waals surface area contributed by atoms with Gasteiger partial charge in [0.15, 0.2) is 0 Å². The molecule has 2 saturated carbocycles. The van der Waals surface area contributed by atoms with E-state index < -0.39 is 30.5 Å². The lowest BCUT2D eigenvalue weighted by molar-refractivity contribution is 0.00847. The topological polar surface area (TPSA) is 55.8 Å². The summed E-state index contributed by atoms with van der Waals surface area (Å²) in [6.07, 6.45) is 1.33. The first-order valence-corrected chi connectivity index (χ1v) is 7.81. The van der Waals surface area contributed by atoms with E-state index in [1.165, 1.54) is 13.8 Å². The van der Waals surface area contributed by atoms with Crippen molar-refractivity contribution in [3.63, 3.8) is 0 Å². The summed E-state index contributed by atoms with van der Waals surface area (Å²) in [4.78, 5) is 0. The summed E-state index contributed by atoms with van der Waals surface area (Å²) >= 11 is 0. The first-order chi connectivity index (χ1) is 8.39. The fourth-order valence-electron chi connectivity index (χ4n) is 3.00. The SMILES string of the molecule is CCOP(=O)(OCC)C(F)(F)[C@@H]1[C@@H](CO)C12CC2. The van der Waals surface area contributed by atoms with Crippen LogP contribution >= 0.6 is 7.60 Å². The van der Waals surface area contributed by atoms with Gasteiger partial charge >= 0.3 is 13.3 Å². The molecular weight excluding hydrogens is 265 g/mol. The molecule has 1 spiro atoms. The van der Waals surface area contributed by atoms with Gasteiger partial charge in [-0.1, -0.05) is 0 Å². The van der Waals surface area contributed by atoms with Crippen LogP contribution in [-0.2, 0) is 13.6 Å². The number of alkyl halides is 2. The van der Waals surface area contributed by atoms with Gasteiger partial charge in [0, 0.05) is 12.5 Å². The maximum atomic E-state index is 14.4. The second-order valence-electron chi connectivity index (χ2n) is 4.92. The fourth-order valence-corrected chi connectivity index (χ4v) is 4.87. The van der Waals surface area contributed by atoms with Crippen molar-refractivity contribution in [2.75, 3.05) is 19.8 Å². The van der Waals surface area contributed by atoms with Crippen LogP contribution in [0.1, 0.15) is 26.7 Å². The van der Waals surface area contributed by atoms with Crippen molar-refractivity contribution < 1.29 is 27.5 Å². The van der Waals surface area contributed by atoms with Crippen LogP contribution in [0.4, 0.5) is 8.78 Å². The van der Waals surface area contributed by atoms with E-state index >= 15 is 0 Å². The summed E-state index contributed by atoms with van der Waals surface area (Å²) in [5.74, 6) is -1.54. The Morgan fingerprint density at radius 2 is 1.83 bits per heavy atom. The number of halogens is 2. The van der Waals surface area contributed by atoms with Crippen LogP contribution in [0, 0.1) is 17.3 Å². The van der Waals surface area contributed by atoms with Crippen molar-refractivity contribution in [3.05, 3.63) is 0 Å². The van der Waals surface area contributed by atoms with Crippen molar-refractivity contribution in [2.24, 2.45) is 17.3 Å². The molecule has 4 nitrogen and oxygen atoms in total. The van der Waals surface area contributed by atoms with Gasteiger partial charge in [0.2, 0.25) is 0 Å². The van der Waals surface area contributed by atoms with E-state index in [2.05, 4.69) is 0 Å². The third-order valence-corrected chi connectivity index (χ3v) is 6.22. The van der Waals surface area contributed by atoms with Crippen molar-refractivity contribution in [1.82, 2.24) is 0 Å². The maximum Gasteiger partial charge on any atom is 0.399 e. The van der Waals surface area contributed by atoms with Gasteiger partial charge in [-0.25, -0.2) is 0 Å². The number of aliphatic hydroxyl groups is 1. The lowest BCUT2D eigenvalue weighted by Gasteiger charge is -2.26. The van der Waals surface area contributed by atoms with E-state index in [9.17, 15) is 13.3 Å². The van der Waals surface area contributed by atoms with E-state index in [0.29, 0.717) is 12.8 Å². The van der Waals surface area contributed by atoms with Crippen LogP contribution in [-0.4, -0.2) is 30.6 Å². The average Bonchev–Trinajstić information content (AvgIpc) is 3.18. The van der Waals surface area contributed by atoms with Crippen LogP contribution in [0.15, 0.2) is 0 Å². The molecule has 0 aliphatic heterocycles. The van der Waals surface area contributed by atoms with Gasteiger partial charge in [-0.3, -0.25) is 4.57 Å². The highest BCUT2D eigenvalue weighted by atomic mass is 31.2. The molecule has 1 N–H and O–H groups in total. The molecular formula is C11H19F2O4P. The van der Waals surface area contributed by atoms with Gasteiger partial charge in [-0.2, -0.15) is 8.78 Å². The molecule has 0 amide bonds. The number of hydrogen-bond donors (Lipinski definition) is 1. The molecule has 0 aromatic rings. The van der Waals surface area contributed by atoms with Gasteiger partial charge in [0.25, 0.3) is 0 Å². The Labute approximate surface area is 105 Å². The second-order valence-corrected chi connectivity index (χ2v) is 7.03. The zero-order chi connectivity index (χ0) is 13.6. The van der Waals surface area contributed by atoms with Crippen LogP contribution in [0.25, 0.3) is 0 Å². The van der Waals surface area contributed by atoms with Gasteiger partial charge in [-0.15, -0.1) is 0 Å². The molecule has 0 unspecified atom stereocenters. The van der Waals surface area contributed by atoms with Crippen LogP contribution in [0.2, 0.25) is 0 Å². The quantitative estimate of drug-likeness (QED) is 0.730. The molecule has 18 heavy (non-hydrogen) atoms. The average molecular weight is 284 g/mol. The predicted molar refractivity (Wildman–Crippen MR) is 61.5 cm³/mol. The summed E-state index contributed by atoms with van der Waals surface area (Å²) in [7, 11) is -4.45. The second kappa shape index (κ2) is 4.51. The number of aliphatic hydroxyl groups excluding tert-OH is 1. The molecule has 0 radical (unpaired) electrons. The molecule has 2 aliphatic rings. The summed E-state index contributed by atoms with van der Waals surface area (Å²) < 4.78 is 50.5. The van der Waals surface area contributed by atoms with E-state index in [1.807, 2.05) is 0 Å². The summed E-state index contributed by atoms with van der Waals surface area (Å²) in [6.45, 7) is 2.54. The van der Waals surface area contributed by atoms with Gasteiger partial charge < -0.3 is 14.2 Å². The van der Waals surface area contributed by atoms with Crippen molar-refractivity contribution >= 4 is 7.60 Å². The van der Waals surface area contributed by atoms with Gasteiger partial charge in [0.05, 0.1) is 13.2 Å². The summed E-state index contributed by atoms with van der Waals surface area (Å²) in [6, 6.07) is 0. The van der Waals surface area contributed by atoms with Gasteiger partial charge in [-0.05, 0) is 38.0 Å². The zero-order valence-electron chi connectivity index (χ0n) is 10.6. The standard InChI is InChI=1S/C11H19F2O4P/c1-3-16-18(15,17-4-2)11(12,13)9-8(7-14)10(9)5-6-10/h8-9,14H,3-7H2,1-2H3/t8-,9-/m1/s1. The largest absolute Gasteiger partial charge is 0.399 e. The van der Waals surface area contributed by atoms with Crippen molar-refractivity contribution in [2.45, 2.75) is 32.4 Å². The van der Waals surface area contributed by atoms with E-state index in [4.69, 9.17) is 14.2 Å². The normalized spacial score (nSPS) is 29.6. The Kier molecular flexibility index (Phi) is 3.61. The van der Waals surface area contributed by atoms with Crippen LogP contribution in [0.3, 0.4) is 0 Å². The Morgan fingerprint density at radius 1 is 1.33 bits per heavy atom. The lowest BCUT2D eigenvalue weighted by atomic mass is 10.3. The zero-order valence-corrected chi connectivity index (χ0v) is 11.5. The van der Waals surface area contributed by atoms with E-state index in [0.717, 1.165) is 0 Å². The van der Waals surface area contributed by atoms with E-state index in [-0.39, 0.29) is 19.8 Å². The molecule has 2 rings (SSSR count). The fraction of sp³-hybridized carbons (Fsp3) is 1.00. The Hall–Kier alpha value is -0.0300. The minimum atomic E-state index is -4.45.